The van der Waals surface area contributed by atoms with Gasteiger partial charge in [-0.15, -0.1) is 0 Å². The van der Waals surface area contributed by atoms with Crippen LogP contribution in [-0.4, -0.2) is 77.4 Å². The molecule has 0 aromatic heterocycles. The molecule has 0 radical (unpaired) electrons. The van der Waals surface area contributed by atoms with Gasteiger partial charge in [-0.05, 0) is 6.92 Å². The topological polar surface area (TPSA) is 140 Å². The maximum Gasteiger partial charge on any atom is 0.332 e. The molecule has 0 bridgehead atoms. The van der Waals surface area contributed by atoms with Crippen LogP contribution in [-0.2, 0) is 14.3 Å². The number of hydrogen-bond donors (Lipinski definition) is 3. The number of nitrogens with one attached hydrogen (secondary N) is 3. The molecule has 3 atom stereocenters. The number of barbiturate groups is 1. The van der Waals surface area contributed by atoms with E-state index in [0.717, 1.165) is 9.80 Å². The Labute approximate surface area is 136 Å². The van der Waals surface area contributed by atoms with Crippen LogP contribution >= 0.6 is 0 Å². The van der Waals surface area contributed by atoms with Crippen molar-refractivity contribution in [2.24, 2.45) is 5.92 Å². The third-order valence-electron chi connectivity index (χ3n) is 4.10. The highest BCUT2D eigenvalue weighted by molar-refractivity contribution is 6.15. The fraction of sp³-hybridized carbons (Fsp3) is 0.583. The summed E-state index contributed by atoms with van der Waals surface area (Å²) in [6.45, 7) is 0.938. The molecule has 3 rings (SSSR count). The number of hydrogen-bond acceptors (Lipinski definition) is 6. The van der Waals surface area contributed by atoms with Gasteiger partial charge in [0.2, 0.25) is 11.8 Å². The summed E-state index contributed by atoms with van der Waals surface area (Å²) in [6.07, 6.45) is -1.46. The molecule has 3 aliphatic heterocycles. The third-order valence-corrected chi connectivity index (χ3v) is 4.10. The van der Waals surface area contributed by atoms with E-state index >= 15 is 0 Å². The van der Waals surface area contributed by atoms with E-state index in [9.17, 15) is 24.0 Å². The summed E-state index contributed by atoms with van der Waals surface area (Å²) in [5, 5.41) is 7.21. The second-order valence-corrected chi connectivity index (χ2v) is 5.57. The van der Waals surface area contributed by atoms with E-state index in [1.807, 2.05) is 5.32 Å². The molecule has 12 nitrogen and oxygen atoms in total. The minimum atomic E-state index is -1.03. The molecular weight excluding hydrogens is 324 g/mol. The molecule has 0 spiro atoms. The van der Waals surface area contributed by atoms with Crippen molar-refractivity contribution >= 4 is 29.9 Å². The zero-order valence-electron chi connectivity index (χ0n) is 12.9. The average molecular weight is 340 g/mol. The highest BCUT2D eigenvalue weighted by Gasteiger charge is 2.52. The molecule has 3 saturated heterocycles. The molecule has 3 N–H and O–H groups in total. The molecule has 0 saturated carbocycles. The van der Waals surface area contributed by atoms with Gasteiger partial charge in [-0.25, -0.2) is 19.3 Å². The summed E-state index contributed by atoms with van der Waals surface area (Å²) in [5.41, 5.74) is 0. The number of urea groups is 3. The van der Waals surface area contributed by atoms with Crippen molar-refractivity contribution in [3.05, 3.63) is 0 Å². The largest absolute Gasteiger partial charge is 0.364 e. The van der Waals surface area contributed by atoms with Crippen LogP contribution in [0, 0.1) is 5.92 Å². The summed E-state index contributed by atoms with van der Waals surface area (Å²) in [4.78, 5) is 62.7. The predicted molar refractivity (Wildman–Crippen MR) is 74.6 cm³/mol. The minimum absolute atomic E-state index is 0.0320. The van der Waals surface area contributed by atoms with Crippen molar-refractivity contribution in [3.8, 4) is 0 Å². The maximum absolute atomic E-state index is 12.1. The van der Waals surface area contributed by atoms with Crippen molar-refractivity contribution in [1.29, 1.82) is 0 Å². The Morgan fingerprint density at radius 1 is 0.958 bits per heavy atom. The van der Waals surface area contributed by atoms with Crippen molar-refractivity contribution < 1.29 is 28.7 Å². The van der Waals surface area contributed by atoms with Gasteiger partial charge < -0.3 is 15.4 Å². The van der Waals surface area contributed by atoms with Crippen LogP contribution in [0.1, 0.15) is 6.92 Å². The Balaban J connectivity index is 1.77. The Kier molecular flexibility index (Phi) is 3.75. The van der Waals surface area contributed by atoms with E-state index < -0.39 is 54.8 Å². The number of rotatable bonds is 4. The molecule has 130 valence electrons. The standard InChI is InChI=1S/C12H16N6O6/c1-5-8(19)15-12(23)17(9(5)20)3-16-6-7(14-10(16)21)18(4-24-2)11(22)13-6/h5-7H,3-4H2,1-2H3,(H,13,22)(H,14,21)(H,15,19,23). The number of amides is 8. The van der Waals surface area contributed by atoms with Crippen molar-refractivity contribution in [2.45, 2.75) is 19.3 Å². The number of methoxy groups -OCH3 is 1. The first kappa shape index (κ1) is 16.0. The lowest BCUT2D eigenvalue weighted by atomic mass is 10.1. The van der Waals surface area contributed by atoms with Crippen LogP contribution in [0.15, 0.2) is 0 Å². The van der Waals surface area contributed by atoms with Gasteiger partial charge in [-0.1, -0.05) is 0 Å². The fourth-order valence-corrected chi connectivity index (χ4v) is 2.77. The molecule has 3 fully saturated rings. The van der Waals surface area contributed by atoms with E-state index in [0.29, 0.717) is 0 Å². The Morgan fingerprint density at radius 2 is 1.54 bits per heavy atom. The first-order chi connectivity index (χ1) is 11.3. The van der Waals surface area contributed by atoms with Crippen molar-refractivity contribution in [1.82, 2.24) is 30.7 Å². The van der Waals surface area contributed by atoms with Crippen molar-refractivity contribution in [2.75, 3.05) is 20.5 Å². The minimum Gasteiger partial charge on any atom is -0.364 e. The highest BCUT2D eigenvalue weighted by Crippen LogP contribution is 2.22. The number of carbonyl (C=O) groups is 5. The molecule has 0 aromatic carbocycles. The van der Waals surface area contributed by atoms with Crippen LogP contribution in [0.3, 0.4) is 0 Å². The van der Waals surface area contributed by atoms with E-state index in [1.165, 1.54) is 18.9 Å². The molecule has 3 heterocycles. The van der Waals surface area contributed by atoms with Gasteiger partial charge in [0.1, 0.15) is 31.6 Å². The Morgan fingerprint density at radius 3 is 2.17 bits per heavy atom. The van der Waals surface area contributed by atoms with Gasteiger partial charge in [-0.2, -0.15) is 0 Å². The third kappa shape index (κ3) is 2.31. The van der Waals surface area contributed by atoms with E-state index in [2.05, 4.69) is 10.6 Å². The van der Waals surface area contributed by atoms with Gasteiger partial charge >= 0.3 is 18.1 Å². The zero-order chi connectivity index (χ0) is 17.6. The maximum atomic E-state index is 12.1. The average Bonchev–Trinajstić information content (AvgIpc) is 2.98. The van der Waals surface area contributed by atoms with Crippen LogP contribution < -0.4 is 16.0 Å². The van der Waals surface area contributed by atoms with Gasteiger partial charge in [0, 0.05) is 7.11 Å². The van der Waals surface area contributed by atoms with Crippen LogP contribution in [0.25, 0.3) is 0 Å². The lowest BCUT2D eigenvalue weighted by molar-refractivity contribution is -0.142. The molecule has 3 aliphatic rings. The van der Waals surface area contributed by atoms with E-state index in [-0.39, 0.29) is 6.73 Å². The molecule has 0 aliphatic carbocycles. The SMILES string of the molecule is COCN1C(=O)NC2C1NC(=O)N2CN1C(=O)NC(=O)C(C)C1=O. The molecule has 12 heteroatoms. The molecule has 24 heavy (non-hydrogen) atoms. The monoisotopic (exact) mass is 340 g/mol. The summed E-state index contributed by atoms with van der Waals surface area (Å²) in [5.74, 6) is -2.43. The second-order valence-electron chi connectivity index (χ2n) is 5.57. The lowest BCUT2D eigenvalue weighted by Crippen LogP contribution is -2.61. The zero-order valence-corrected chi connectivity index (χ0v) is 12.9. The highest BCUT2D eigenvalue weighted by atomic mass is 16.5. The lowest BCUT2D eigenvalue weighted by Gasteiger charge is -2.32. The van der Waals surface area contributed by atoms with Crippen LogP contribution in [0.5, 0.6) is 0 Å². The first-order valence-electron chi connectivity index (χ1n) is 7.14. The molecular formula is C12H16N6O6. The number of fused-ring (bicyclic) bond motifs is 1. The van der Waals surface area contributed by atoms with Crippen molar-refractivity contribution in [3.63, 3.8) is 0 Å². The number of nitrogens with zero attached hydrogens (tertiary/aromatic N) is 3. The van der Waals surface area contributed by atoms with E-state index in [1.54, 1.807) is 0 Å². The first-order valence-corrected chi connectivity index (χ1v) is 7.14. The van der Waals surface area contributed by atoms with Gasteiger partial charge in [0.15, 0.2) is 0 Å². The molecule has 0 aromatic rings. The smallest absolute Gasteiger partial charge is 0.332 e. The molecule has 8 amide bonds. The number of imide groups is 2. The summed E-state index contributed by atoms with van der Waals surface area (Å²) >= 11 is 0. The molecule has 3 unspecified atom stereocenters. The predicted octanol–water partition coefficient (Wildman–Crippen LogP) is -2.04. The Hall–Kier alpha value is -2.89. The summed E-state index contributed by atoms with van der Waals surface area (Å²) in [7, 11) is 1.41. The number of carbonyl (C=O) groups excluding carboxylic acids is 5. The second kappa shape index (κ2) is 5.63. The fourth-order valence-electron chi connectivity index (χ4n) is 2.77. The quantitative estimate of drug-likeness (QED) is 0.504. The summed E-state index contributed by atoms with van der Waals surface area (Å²) in [6, 6.07) is -1.91. The van der Waals surface area contributed by atoms with E-state index in [4.69, 9.17) is 4.74 Å². The normalized spacial score (nSPS) is 29.7. The summed E-state index contributed by atoms with van der Waals surface area (Å²) < 4.78 is 4.91. The van der Waals surface area contributed by atoms with Crippen LogP contribution in [0.2, 0.25) is 0 Å². The van der Waals surface area contributed by atoms with Gasteiger partial charge in [-0.3, -0.25) is 24.7 Å². The Bertz CT molecular complexity index is 638. The number of ether oxygens (including phenoxy) is 1. The van der Waals surface area contributed by atoms with Gasteiger partial charge in [0.05, 0.1) is 0 Å². The van der Waals surface area contributed by atoms with Crippen LogP contribution in [0.4, 0.5) is 14.4 Å². The van der Waals surface area contributed by atoms with Gasteiger partial charge in [0.25, 0.3) is 0 Å².